The van der Waals surface area contributed by atoms with Gasteiger partial charge in [-0.25, -0.2) is 0 Å². The largest absolute Gasteiger partial charge is 0.289 e. The van der Waals surface area contributed by atoms with Crippen molar-refractivity contribution >= 4 is 23.6 Å². The topological polar surface area (TPSA) is 17.1 Å². The Morgan fingerprint density at radius 1 is 1.04 bits per heavy atom. The number of aryl methyl sites for hydroxylation is 1. The molecule has 2 heteroatoms. The summed E-state index contributed by atoms with van der Waals surface area (Å²) < 4.78 is 0. The number of carbonyl (C=O) groups is 1. The summed E-state index contributed by atoms with van der Waals surface area (Å²) in [4.78, 5) is 13.5. The lowest BCUT2D eigenvalue weighted by Crippen LogP contribution is -1.93. The summed E-state index contributed by atoms with van der Waals surface area (Å²) in [6.07, 6.45) is 8.44. The van der Waals surface area contributed by atoms with Crippen LogP contribution in [0.15, 0.2) is 59.5 Å². The number of hydrogen-bond acceptors (Lipinski definition) is 2. The Morgan fingerprint density at radius 2 is 1.83 bits per heavy atom. The Morgan fingerprint density at radius 3 is 2.54 bits per heavy atom. The van der Waals surface area contributed by atoms with Crippen LogP contribution in [0.3, 0.4) is 0 Å². The maximum absolute atomic E-state index is 12.3. The van der Waals surface area contributed by atoms with Crippen molar-refractivity contribution in [3.05, 3.63) is 71.3 Å². The zero-order valence-electron chi connectivity index (χ0n) is 14.6. The fourth-order valence-corrected chi connectivity index (χ4v) is 3.24. The lowest BCUT2D eigenvalue weighted by Gasteiger charge is -2.02. The number of carbonyl (C=O) groups excluding carboxylic acids is 1. The molecule has 0 atom stereocenters. The van der Waals surface area contributed by atoms with Gasteiger partial charge < -0.3 is 0 Å². The first-order valence-electron chi connectivity index (χ1n) is 8.77. The molecule has 0 unspecified atom stereocenters. The molecular formula is C22H26OS. The molecule has 0 fully saturated rings. The Kier molecular flexibility index (Phi) is 7.84. The van der Waals surface area contributed by atoms with Gasteiger partial charge in [0, 0.05) is 10.5 Å². The van der Waals surface area contributed by atoms with Crippen LogP contribution in [-0.2, 0) is 6.42 Å². The third-order valence-corrected chi connectivity index (χ3v) is 4.79. The summed E-state index contributed by atoms with van der Waals surface area (Å²) in [7, 11) is 0. The predicted octanol–water partition coefficient (Wildman–Crippen LogP) is 6.43. The highest BCUT2D eigenvalue weighted by molar-refractivity contribution is 7.99. The normalized spacial score (nSPS) is 11.1. The molecule has 0 radical (unpaired) electrons. The van der Waals surface area contributed by atoms with Crippen LogP contribution in [0, 0.1) is 0 Å². The minimum absolute atomic E-state index is 0.0550. The third kappa shape index (κ3) is 6.01. The second-order valence-electron chi connectivity index (χ2n) is 5.86. The van der Waals surface area contributed by atoms with Crippen LogP contribution in [0.2, 0.25) is 0 Å². The van der Waals surface area contributed by atoms with Crippen molar-refractivity contribution in [1.82, 2.24) is 0 Å². The van der Waals surface area contributed by atoms with Crippen molar-refractivity contribution in [2.24, 2.45) is 0 Å². The van der Waals surface area contributed by atoms with Crippen LogP contribution in [-0.4, -0.2) is 11.5 Å². The van der Waals surface area contributed by atoms with Crippen molar-refractivity contribution in [2.75, 3.05) is 5.75 Å². The fourth-order valence-electron chi connectivity index (χ4n) is 2.58. The number of benzene rings is 2. The van der Waals surface area contributed by atoms with Crippen molar-refractivity contribution in [3.8, 4) is 0 Å². The van der Waals surface area contributed by atoms with E-state index < -0.39 is 0 Å². The monoisotopic (exact) mass is 338 g/mol. The van der Waals surface area contributed by atoms with Crippen LogP contribution < -0.4 is 0 Å². The molecular weight excluding hydrogens is 312 g/mol. The lowest BCUT2D eigenvalue weighted by atomic mass is 10.0. The van der Waals surface area contributed by atoms with Gasteiger partial charge in [0.1, 0.15) is 0 Å². The van der Waals surface area contributed by atoms with Crippen molar-refractivity contribution in [2.45, 2.75) is 44.4 Å². The standard InChI is InChI=1S/C22H26OS/c1-3-5-6-8-18-9-7-10-19(17-18)11-16-22(23)20-12-14-21(15-13-20)24-4-2/h7,9-17H,3-6,8H2,1-2H3. The molecule has 126 valence electrons. The van der Waals surface area contributed by atoms with E-state index in [0.29, 0.717) is 0 Å². The van der Waals surface area contributed by atoms with E-state index in [9.17, 15) is 4.79 Å². The quantitative estimate of drug-likeness (QED) is 0.227. The molecule has 1 nitrogen and oxygen atoms in total. The molecule has 0 aromatic heterocycles. The lowest BCUT2D eigenvalue weighted by molar-refractivity contribution is 0.104. The molecule has 2 aromatic carbocycles. The van der Waals surface area contributed by atoms with Crippen LogP contribution in [0.1, 0.15) is 54.6 Å². The Hall–Kier alpha value is -1.80. The molecule has 0 bridgehead atoms. The van der Waals surface area contributed by atoms with Gasteiger partial charge in [-0.05, 0) is 60.1 Å². The summed E-state index contributed by atoms with van der Waals surface area (Å²) in [6.45, 7) is 4.35. The molecule has 0 saturated carbocycles. The van der Waals surface area contributed by atoms with E-state index in [1.165, 1.54) is 29.7 Å². The molecule has 24 heavy (non-hydrogen) atoms. The second-order valence-corrected chi connectivity index (χ2v) is 7.19. The zero-order valence-corrected chi connectivity index (χ0v) is 15.4. The summed E-state index contributed by atoms with van der Waals surface area (Å²) in [6, 6.07) is 16.3. The van der Waals surface area contributed by atoms with E-state index in [0.717, 1.165) is 23.3 Å². The molecule has 0 aliphatic heterocycles. The predicted molar refractivity (Wildman–Crippen MR) is 106 cm³/mol. The summed E-state index contributed by atoms with van der Waals surface area (Å²) in [5.41, 5.74) is 3.18. The number of thioether (sulfide) groups is 1. The first-order chi connectivity index (χ1) is 11.7. The van der Waals surface area contributed by atoms with Gasteiger partial charge in [0.25, 0.3) is 0 Å². The van der Waals surface area contributed by atoms with Gasteiger partial charge in [0.2, 0.25) is 0 Å². The van der Waals surface area contributed by atoms with Crippen molar-refractivity contribution < 1.29 is 4.79 Å². The number of ketones is 1. The van der Waals surface area contributed by atoms with E-state index in [1.54, 1.807) is 17.8 Å². The SMILES string of the molecule is CCCCCc1cccc(C=CC(=O)c2ccc(SCC)cc2)c1. The molecule has 2 aromatic rings. The maximum Gasteiger partial charge on any atom is 0.185 e. The molecule has 2 rings (SSSR count). The van der Waals surface area contributed by atoms with Crippen molar-refractivity contribution in [1.29, 1.82) is 0 Å². The van der Waals surface area contributed by atoms with Gasteiger partial charge in [-0.3, -0.25) is 4.79 Å². The highest BCUT2D eigenvalue weighted by atomic mass is 32.2. The molecule has 0 aliphatic carbocycles. The number of hydrogen-bond donors (Lipinski definition) is 0. The number of unbranched alkanes of at least 4 members (excludes halogenated alkanes) is 2. The molecule has 0 saturated heterocycles. The van der Waals surface area contributed by atoms with Crippen LogP contribution in [0.25, 0.3) is 6.08 Å². The Labute approximate surface area is 150 Å². The minimum Gasteiger partial charge on any atom is -0.289 e. The molecule has 0 spiro atoms. The van der Waals surface area contributed by atoms with E-state index in [4.69, 9.17) is 0 Å². The molecule has 0 aliphatic rings. The van der Waals surface area contributed by atoms with Crippen molar-refractivity contribution in [3.63, 3.8) is 0 Å². The average Bonchev–Trinajstić information content (AvgIpc) is 2.61. The van der Waals surface area contributed by atoms with Crippen LogP contribution >= 0.6 is 11.8 Å². The minimum atomic E-state index is 0.0550. The maximum atomic E-state index is 12.3. The van der Waals surface area contributed by atoms with Gasteiger partial charge in [-0.1, -0.05) is 57.0 Å². The highest BCUT2D eigenvalue weighted by Crippen LogP contribution is 2.18. The number of allylic oxidation sites excluding steroid dienone is 1. The first kappa shape index (κ1) is 18.5. The van der Waals surface area contributed by atoms with Gasteiger partial charge in [0.15, 0.2) is 5.78 Å². The van der Waals surface area contributed by atoms with E-state index >= 15 is 0 Å². The van der Waals surface area contributed by atoms with E-state index in [2.05, 4.69) is 32.0 Å². The first-order valence-corrected chi connectivity index (χ1v) is 9.75. The van der Waals surface area contributed by atoms with E-state index in [-0.39, 0.29) is 5.78 Å². The second kappa shape index (κ2) is 10.1. The molecule has 0 amide bonds. The van der Waals surface area contributed by atoms with Gasteiger partial charge >= 0.3 is 0 Å². The fraction of sp³-hybridized carbons (Fsp3) is 0.318. The molecule has 0 heterocycles. The average molecular weight is 339 g/mol. The molecule has 0 N–H and O–H groups in total. The van der Waals surface area contributed by atoms with Gasteiger partial charge in [-0.2, -0.15) is 0 Å². The van der Waals surface area contributed by atoms with E-state index in [1.807, 2.05) is 36.4 Å². The van der Waals surface area contributed by atoms with Crippen LogP contribution in [0.4, 0.5) is 0 Å². The Bertz CT molecular complexity index is 671. The zero-order chi connectivity index (χ0) is 17.2. The Balaban J connectivity index is 1.99. The van der Waals surface area contributed by atoms with Gasteiger partial charge in [-0.15, -0.1) is 11.8 Å². The summed E-state index contributed by atoms with van der Waals surface area (Å²) in [5, 5.41) is 0. The number of rotatable bonds is 9. The smallest absolute Gasteiger partial charge is 0.185 e. The summed E-state index contributed by atoms with van der Waals surface area (Å²) >= 11 is 1.79. The summed E-state index contributed by atoms with van der Waals surface area (Å²) in [5.74, 6) is 1.10. The van der Waals surface area contributed by atoms with Gasteiger partial charge in [0.05, 0.1) is 0 Å². The third-order valence-electron chi connectivity index (χ3n) is 3.90. The van der Waals surface area contributed by atoms with Crippen LogP contribution in [0.5, 0.6) is 0 Å². The highest BCUT2D eigenvalue weighted by Gasteiger charge is 2.02.